The maximum atomic E-state index is 13.8. The molecule has 0 radical (unpaired) electrons. The van der Waals surface area contributed by atoms with Crippen LogP contribution in [-0.2, 0) is 16.0 Å². The van der Waals surface area contributed by atoms with Crippen LogP contribution >= 0.6 is 12.4 Å². The number of amides is 1. The molecule has 3 fully saturated rings. The van der Waals surface area contributed by atoms with E-state index in [2.05, 4.69) is 35.2 Å². The molecule has 4 nitrogen and oxygen atoms in total. The SMILES string of the molecule is Cl.NCCCOC1CCN(C(=O)C2(Cc3ccccc3)CC3CCC2C3)CC1. The topological polar surface area (TPSA) is 55.6 Å². The van der Waals surface area contributed by atoms with Crippen LogP contribution in [0.5, 0.6) is 0 Å². The smallest absolute Gasteiger partial charge is 0.229 e. The van der Waals surface area contributed by atoms with Crippen molar-refractivity contribution in [3.63, 3.8) is 0 Å². The fraction of sp³-hybridized carbons (Fsp3) is 0.696. The Morgan fingerprint density at radius 1 is 1.14 bits per heavy atom. The molecule has 2 bridgehead atoms. The number of halogens is 1. The van der Waals surface area contributed by atoms with Crippen molar-refractivity contribution in [3.8, 4) is 0 Å². The zero-order chi connectivity index (χ0) is 18.7. The number of carbonyl (C=O) groups is 1. The Bertz CT molecular complexity index is 633. The molecule has 3 atom stereocenters. The molecule has 28 heavy (non-hydrogen) atoms. The number of ether oxygens (including phenoxy) is 1. The van der Waals surface area contributed by atoms with E-state index in [1.165, 1.54) is 24.8 Å². The largest absolute Gasteiger partial charge is 0.378 e. The molecule has 4 rings (SSSR count). The molecular weight excluding hydrogens is 372 g/mol. The quantitative estimate of drug-likeness (QED) is 0.700. The van der Waals surface area contributed by atoms with Crippen LogP contribution in [0, 0.1) is 17.3 Å². The normalized spacial score (nSPS) is 29.7. The second-order valence-electron chi connectivity index (χ2n) is 8.90. The van der Waals surface area contributed by atoms with Crippen molar-refractivity contribution >= 4 is 18.3 Å². The maximum absolute atomic E-state index is 13.8. The van der Waals surface area contributed by atoms with Crippen LogP contribution in [0.2, 0.25) is 0 Å². The monoisotopic (exact) mass is 406 g/mol. The fourth-order valence-corrected chi connectivity index (χ4v) is 5.83. The van der Waals surface area contributed by atoms with Gasteiger partial charge in [-0.2, -0.15) is 0 Å². The third-order valence-electron chi connectivity index (χ3n) is 7.20. The van der Waals surface area contributed by atoms with Gasteiger partial charge in [0, 0.05) is 19.7 Å². The van der Waals surface area contributed by atoms with E-state index in [-0.39, 0.29) is 17.8 Å². The van der Waals surface area contributed by atoms with Crippen LogP contribution in [0.1, 0.15) is 50.5 Å². The van der Waals surface area contributed by atoms with Crippen LogP contribution in [0.3, 0.4) is 0 Å². The van der Waals surface area contributed by atoms with Crippen molar-refractivity contribution in [1.82, 2.24) is 4.90 Å². The molecule has 3 unspecified atom stereocenters. The molecule has 2 aliphatic carbocycles. The average molecular weight is 407 g/mol. The minimum atomic E-state index is -0.155. The summed E-state index contributed by atoms with van der Waals surface area (Å²) in [5, 5.41) is 0. The van der Waals surface area contributed by atoms with Crippen LogP contribution in [0.25, 0.3) is 0 Å². The van der Waals surface area contributed by atoms with Crippen molar-refractivity contribution in [2.24, 2.45) is 23.0 Å². The molecule has 2 saturated carbocycles. The van der Waals surface area contributed by atoms with Crippen molar-refractivity contribution in [2.45, 2.75) is 57.5 Å². The van der Waals surface area contributed by atoms with Gasteiger partial charge in [-0.25, -0.2) is 0 Å². The lowest BCUT2D eigenvalue weighted by molar-refractivity contribution is -0.148. The Morgan fingerprint density at radius 2 is 1.89 bits per heavy atom. The maximum Gasteiger partial charge on any atom is 0.229 e. The number of nitrogens with zero attached hydrogens (tertiary/aromatic N) is 1. The van der Waals surface area contributed by atoms with E-state index in [9.17, 15) is 4.79 Å². The van der Waals surface area contributed by atoms with Gasteiger partial charge in [-0.3, -0.25) is 4.79 Å². The molecule has 1 aliphatic heterocycles. The molecular formula is C23H35ClN2O2. The lowest BCUT2D eigenvalue weighted by Gasteiger charge is -2.42. The predicted molar refractivity (Wildman–Crippen MR) is 115 cm³/mol. The van der Waals surface area contributed by atoms with Gasteiger partial charge in [0.05, 0.1) is 11.5 Å². The van der Waals surface area contributed by atoms with Crippen molar-refractivity contribution in [1.29, 1.82) is 0 Å². The Kier molecular flexibility index (Phi) is 7.41. The van der Waals surface area contributed by atoms with Crippen molar-refractivity contribution < 1.29 is 9.53 Å². The Labute approximate surface area is 175 Å². The molecule has 1 amide bonds. The standard InChI is InChI=1S/C23H34N2O2.ClH/c24-11-4-14-27-21-9-12-25(13-10-21)22(26)23(16-18-5-2-1-3-6-18)17-19-7-8-20(23)15-19;/h1-3,5-6,19-21H,4,7-17,24H2;1H. The first-order valence-corrected chi connectivity index (χ1v) is 10.9. The van der Waals surface area contributed by atoms with Crippen molar-refractivity contribution in [2.75, 3.05) is 26.2 Å². The fourth-order valence-electron chi connectivity index (χ4n) is 5.83. The molecule has 2 N–H and O–H groups in total. The molecule has 1 heterocycles. The molecule has 5 heteroatoms. The summed E-state index contributed by atoms with van der Waals surface area (Å²) >= 11 is 0. The number of likely N-dealkylation sites (tertiary alicyclic amines) is 1. The average Bonchev–Trinajstić information content (AvgIpc) is 3.31. The predicted octanol–water partition coefficient (Wildman–Crippen LogP) is 3.81. The number of nitrogens with two attached hydrogens (primary N) is 1. The van der Waals surface area contributed by atoms with E-state index in [1.807, 2.05) is 0 Å². The number of rotatable bonds is 7. The number of carbonyl (C=O) groups excluding carboxylic acids is 1. The van der Waals surface area contributed by atoms with Crippen LogP contribution in [-0.4, -0.2) is 43.2 Å². The van der Waals surface area contributed by atoms with E-state index >= 15 is 0 Å². The highest BCUT2D eigenvalue weighted by Gasteiger charge is 2.56. The highest BCUT2D eigenvalue weighted by molar-refractivity contribution is 5.85. The number of benzene rings is 1. The summed E-state index contributed by atoms with van der Waals surface area (Å²) in [5.41, 5.74) is 6.71. The molecule has 1 saturated heterocycles. The molecule has 1 aromatic rings. The highest BCUT2D eigenvalue weighted by Crippen LogP contribution is 2.58. The van der Waals surface area contributed by atoms with E-state index in [1.54, 1.807) is 0 Å². The Morgan fingerprint density at radius 3 is 2.50 bits per heavy atom. The minimum Gasteiger partial charge on any atom is -0.378 e. The molecule has 1 aromatic carbocycles. The molecule has 0 spiro atoms. The number of hydrogen-bond acceptors (Lipinski definition) is 3. The van der Waals surface area contributed by atoms with Gasteiger partial charge < -0.3 is 15.4 Å². The van der Waals surface area contributed by atoms with Gasteiger partial charge in [0.2, 0.25) is 5.91 Å². The van der Waals surface area contributed by atoms with Crippen LogP contribution in [0.4, 0.5) is 0 Å². The Hall–Kier alpha value is -1.10. The van der Waals surface area contributed by atoms with Crippen LogP contribution < -0.4 is 5.73 Å². The second-order valence-corrected chi connectivity index (χ2v) is 8.90. The summed E-state index contributed by atoms with van der Waals surface area (Å²) in [6.07, 6.45) is 8.98. The highest BCUT2D eigenvalue weighted by atomic mass is 35.5. The summed E-state index contributed by atoms with van der Waals surface area (Å²) < 4.78 is 5.93. The summed E-state index contributed by atoms with van der Waals surface area (Å²) in [7, 11) is 0. The first-order valence-electron chi connectivity index (χ1n) is 10.9. The van der Waals surface area contributed by atoms with E-state index in [0.29, 0.717) is 24.5 Å². The van der Waals surface area contributed by atoms with E-state index < -0.39 is 0 Å². The van der Waals surface area contributed by atoms with E-state index in [0.717, 1.165) is 57.7 Å². The Balaban J connectivity index is 0.00000225. The minimum absolute atomic E-state index is 0. The first kappa shape index (κ1) is 21.6. The molecule has 0 aromatic heterocycles. The van der Waals surface area contributed by atoms with Crippen molar-refractivity contribution in [3.05, 3.63) is 35.9 Å². The van der Waals surface area contributed by atoms with Gasteiger partial charge in [-0.1, -0.05) is 36.8 Å². The van der Waals surface area contributed by atoms with Gasteiger partial charge in [-0.05, 0) is 68.9 Å². The second kappa shape index (κ2) is 9.60. The third-order valence-corrected chi connectivity index (χ3v) is 7.20. The molecule has 156 valence electrons. The lowest BCUT2D eigenvalue weighted by atomic mass is 9.68. The number of fused-ring (bicyclic) bond motifs is 2. The zero-order valence-electron chi connectivity index (χ0n) is 16.9. The van der Waals surface area contributed by atoms with E-state index in [4.69, 9.17) is 10.5 Å². The summed E-state index contributed by atoms with van der Waals surface area (Å²) in [6.45, 7) is 3.12. The van der Waals surface area contributed by atoms with Gasteiger partial charge in [0.1, 0.15) is 0 Å². The molecule has 3 aliphatic rings. The first-order chi connectivity index (χ1) is 13.2. The summed E-state index contributed by atoms with van der Waals surface area (Å²) in [4.78, 5) is 15.9. The lowest BCUT2D eigenvalue weighted by Crippen LogP contribution is -2.51. The third kappa shape index (κ3) is 4.39. The number of piperidine rings is 1. The van der Waals surface area contributed by atoms with Gasteiger partial charge >= 0.3 is 0 Å². The number of hydrogen-bond donors (Lipinski definition) is 1. The summed E-state index contributed by atoms with van der Waals surface area (Å²) in [6, 6.07) is 10.7. The zero-order valence-corrected chi connectivity index (χ0v) is 17.7. The van der Waals surface area contributed by atoms with Gasteiger partial charge in [0.25, 0.3) is 0 Å². The van der Waals surface area contributed by atoms with Crippen LogP contribution in [0.15, 0.2) is 30.3 Å². The van der Waals surface area contributed by atoms with Gasteiger partial charge in [-0.15, -0.1) is 12.4 Å². The van der Waals surface area contributed by atoms with Gasteiger partial charge in [0.15, 0.2) is 0 Å². The summed E-state index contributed by atoms with van der Waals surface area (Å²) in [5.74, 6) is 1.77.